The maximum absolute atomic E-state index is 10.3. The molecule has 80 valence electrons. The van der Waals surface area contributed by atoms with Crippen LogP contribution < -0.4 is 5.32 Å². The van der Waals surface area contributed by atoms with E-state index >= 15 is 0 Å². The van der Waals surface area contributed by atoms with Gasteiger partial charge in [-0.05, 0) is 12.1 Å². The first-order valence-electron chi connectivity index (χ1n) is 4.70. The number of pyridine rings is 1. The molecule has 16 heavy (non-hydrogen) atoms. The fourth-order valence-electron chi connectivity index (χ4n) is 1.57. The van der Waals surface area contributed by atoms with Crippen LogP contribution in [0.4, 0.5) is 0 Å². The van der Waals surface area contributed by atoms with Crippen molar-refractivity contribution in [2.45, 2.75) is 0 Å². The first kappa shape index (κ1) is 10.2. The molecule has 4 heteroatoms. The van der Waals surface area contributed by atoms with E-state index in [-0.39, 0.29) is 5.75 Å². The lowest BCUT2D eigenvalue weighted by Crippen LogP contribution is -2.09. The molecule has 0 atom stereocenters. The Kier molecular flexibility index (Phi) is 2.55. The lowest BCUT2D eigenvalue weighted by atomic mass is 10.1. The number of fused-ring (bicyclic) bond motifs is 1. The van der Waals surface area contributed by atoms with Crippen molar-refractivity contribution in [2.24, 2.45) is 0 Å². The summed E-state index contributed by atoms with van der Waals surface area (Å²) in [6.45, 7) is 3.71. The molecule has 2 aromatic rings. The Morgan fingerprint density at radius 3 is 2.94 bits per heavy atom. The van der Waals surface area contributed by atoms with Crippen molar-refractivity contribution in [1.82, 2.24) is 10.3 Å². The Labute approximate surface area is 92.2 Å². The second-order valence-corrected chi connectivity index (χ2v) is 3.27. The number of rotatable bonds is 3. The van der Waals surface area contributed by atoms with Gasteiger partial charge in [-0.25, -0.2) is 0 Å². The third-order valence-electron chi connectivity index (χ3n) is 2.30. The van der Waals surface area contributed by atoms with Gasteiger partial charge in [-0.15, -0.1) is 0 Å². The number of aromatic hydroxyl groups is 1. The molecule has 2 N–H and O–H groups in total. The quantitative estimate of drug-likeness (QED) is 0.764. The number of benzene rings is 1. The van der Waals surface area contributed by atoms with Gasteiger partial charge < -0.3 is 10.4 Å². The number of phenols is 1. The maximum atomic E-state index is 10.3. The minimum atomic E-state index is 0.181. The number of carbonyl (C=O) groups excluding carboxylic acids is 1. The van der Waals surface area contributed by atoms with E-state index in [1.165, 1.54) is 0 Å². The van der Waals surface area contributed by atoms with Crippen molar-refractivity contribution >= 4 is 22.9 Å². The summed E-state index contributed by atoms with van der Waals surface area (Å²) < 4.78 is 0. The molecule has 0 spiro atoms. The van der Waals surface area contributed by atoms with Crippen LogP contribution in [0.25, 0.3) is 16.5 Å². The maximum Gasteiger partial charge on any atom is 0.211 e. The van der Waals surface area contributed by atoms with Crippen LogP contribution in [0.15, 0.2) is 37.0 Å². The van der Waals surface area contributed by atoms with Gasteiger partial charge in [-0.2, -0.15) is 0 Å². The molecule has 0 aliphatic heterocycles. The third-order valence-corrected chi connectivity index (χ3v) is 2.30. The Morgan fingerprint density at radius 2 is 2.19 bits per heavy atom. The highest BCUT2D eigenvalue weighted by atomic mass is 16.3. The van der Waals surface area contributed by atoms with Crippen molar-refractivity contribution in [2.75, 3.05) is 0 Å². The predicted octanol–water partition coefficient (Wildman–Crippen LogP) is 1.66. The molecule has 1 heterocycles. The van der Waals surface area contributed by atoms with Crippen molar-refractivity contribution in [3.8, 4) is 5.75 Å². The first-order valence-corrected chi connectivity index (χ1v) is 4.70. The average molecular weight is 214 g/mol. The van der Waals surface area contributed by atoms with Crippen molar-refractivity contribution in [3.63, 3.8) is 0 Å². The number of nitrogens with zero attached hydrogens (tertiary/aromatic N) is 1. The molecule has 0 radical (unpaired) electrons. The molecule has 0 saturated heterocycles. The summed E-state index contributed by atoms with van der Waals surface area (Å²) >= 11 is 0. The molecule has 4 nitrogen and oxygen atoms in total. The third kappa shape index (κ3) is 1.61. The molecule has 0 aliphatic rings. The van der Waals surface area contributed by atoms with Gasteiger partial charge in [0.1, 0.15) is 5.75 Å². The molecule has 0 saturated carbocycles. The summed E-state index contributed by atoms with van der Waals surface area (Å²) in [4.78, 5) is 14.5. The summed E-state index contributed by atoms with van der Waals surface area (Å²) in [5.41, 5.74) is 0.965. The van der Waals surface area contributed by atoms with Crippen LogP contribution in [-0.4, -0.2) is 16.5 Å². The molecular formula is C12H10N2O2. The van der Waals surface area contributed by atoms with Gasteiger partial charge in [0, 0.05) is 17.0 Å². The average Bonchev–Trinajstić information content (AvgIpc) is 2.29. The van der Waals surface area contributed by atoms with E-state index in [1.54, 1.807) is 24.4 Å². The molecule has 1 amide bonds. The zero-order valence-electron chi connectivity index (χ0n) is 8.47. The Balaban J connectivity index is 2.67. The summed E-state index contributed by atoms with van der Waals surface area (Å²) in [6, 6.07) is 6.84. The molecule has 0 bridgehead atoms. The van der Waals surface area contributed by atoms with E-state index in [4.69, 9.17) is 0 Å². The highest BCUT2D eigenvalue weighted by Crippen LogP contribution is 2.27. The largest absolute Gasteiger partial charge is 0.507 e. The molecule has 1 aromatic heterocycles. The van der Waals surface area contributed by atoms with Crippen LogP contribution in [0.5, 0.6) is 5.75 Å². The number of nitrogens with one attached hydrogen (secondary N) is 1. The van der Waals surface area contributed by atoms with Gasteiger partial charge in [0.2, 0.25) is 6.41 Å². The highest BCUT2D eigenvalue weighted by Gasteiger charge is 2.07. The van der Waals surface area contributed by atoms with Crippen LogP contribution >= 0.6 is 0 Å². The smallest absolute Gasteiger partial charge is 0.211 e. The molecular weight excluding hydrogens is 204 g/mol. The van der Waals surface area contributed by atoms with E-state index in [2.05, 4.69) is 16.9 Å². The topological polar surface area (TPSA) is 62.2 Å². The lowest BCUT2D eigenvalue weighted by Gasteiger charge is -2.07. The summed E-state index contributed by atoms with van der Waals surface area (Å²) in [5, 5.41) is 13.5. The lowest BCUT2D eigenvalue weighted by molar-refractivity contribution is -0.108. The minimum absolute atomic E-state index is 0.181. The van der Waals surface area contributed by atoms with E-state index in [0.29, 0.717) is 23.2 Å². The van der Waals surface area contributed by atoms with Gasteiger partial charge in [-0.1, -0.05) is 18.7 Å². The molecule has 0 fully saturated rings. The number of carbonyl (C=O) groups is 1. The standard InChI is InChI=1S/C12H10N2O2/c1-8(14-7-15)12-10-3-2-4-11(16)9(10)5-6-13-12/h2-7,16H,1H2,(H,14,15). The van der Waals surface area contributed by atoms with Crippen LogP contribution in [0, 0.1) is 0 Å². The summed E-state index contributed by atoms with van der Waals surface area (Å²) in [7, 11) is 0. The van der Waals surface area contributed by atoms with Crippen LogP contribution in [0.3, 0.4) is 0 Å². The Hall–Kier alpha value is -2.36. The molecule has 0 aliphatic carbocycles. The second-order valence-electron chi connectivity index (χ2n) is 3.27. The summed E-state index contributed by atoms with van der Waals surface area (Å²) in [5.74, 6) is 0.181. The predicted molar refractivity (Wildman–Crippen MR) is 61.6 cm³/mol. The fourth-order valence-corrected chi connectivity index (χ4v) is 1.57. The number of amides is 1. The minimum Gasteiger partial charge on any atom is -0.507 e. The van der Waals surface area contributed by atoms with Gasteiger partial charge in [0.15, 0.2) is 0 Å². The fraction of sp³-hybridized carbons (Fsp3) is 0. The van der Waals surface area contributed by atoms with Crippen LogP contribution in [0.2, 0.25) is 0 Å². The van der Waals surface area contributed by atoms with E-state index in [1.807, 2.05) is 6.07 Å². The van der Waals surface area contributed by atoms with Gasteiger partial charge in [0.25, 0.3) is 0 Å². The van der Waals surface area contributed by atoms with Gasteiger partial charge in [-0.3, -0.25) is 9.78 Å². The molecule has 0 unspecified atom stereocenters. The normalized spacial score (nSPS) is 10.0. The van der Waals surface area contributed by atoms with E-state index in [9.17, 15) is 9.90 Å². The Morgan fingerprint density at radius 1 is 1.38 bits per heavy atom. The molecule has 2 rings (SSSR count). The van der Waals surface area contributed by atoms with E-state index in [0.717, 1.165) is 5.39 Å². The Bertz CT molecular complexity index is 564. The van der Waals surface area contributed by atoms with Crippen molar-refractivity contribution in [3.05, 3.63) is 42.7 Å². The number of hydrogen-bond acceptors (Lipinski definition) is 3. The first-order chi connectivity index (χ1) is 7.74. The zero-order valence-corrected chi connectivity index (χ0v) is 8.47. The molecule has 1 aromatic carbocycles. The second kappa shape index (κ2) is 4.02. The number of phenolic OH excluding ortho intramolecular Hbond substituents is 1. The number of hydrogen-bond donors (Lipinski definition) is 2. The highest BCUT2D eigenvalue weighted by molar-refractivity contribution is 5.95. The van der Waals surface area contributed by atoms with Crippen molar-refractivity contribution < 1.29 is 9.90 Å². The van der Waals surface area contributed by atoms with Gasteiger partial charge in [0.05, 0.1) is 11.4 Å². The van der Waals surface area contributed by atoms with Crippen LogP contribution in [-0.2, 0) is 4.79 Å². The SMILES string of the molecule is C=C(NC=O)c1nccc2c(O)cccc12. The van der Waals surface area contributed by atoms with Crippen LogP contribution in [0.1, 0.15) is 5.69 Å². The zero-order chi connectivity index (χ0) is 11.5. The van der Waals surface area contributed by atoms with Crippen molar-refractivity contribution in [1.29, 1.82) is 0 Å². The van der Waals surface area contributed by atoms with Gasteiger partial charge >= 0.3 is 0 Å². The monoisotopic (exact) mass is 214 g/mol. The summed E-state index contributed by atoms with van der Waals surface area (Å²) in [6.07, 6.45) is 2.11. The number of aromatic nitrogens is 1. The van der Waals surface area contributed by atoms with E-state index < -0.39 is 0 Å².